The number of ether oxygens (including phenoxy) is 1. The van der Waals surface area contributed by atoms with Crippen LogP contribution in [0.4, 0.5) is 0 Å². The Labute approximate surface area is 143 Å². The predicted molar refractivity (Wildman–Crippen MR) is 92.2 cm³/mol. The van der Waals surface area contributed by atoms with Crippen molar-refractivity contribution in [1.29, 1.82) is 0 Å². The van der Waals surface area contributed by atoms with Gasteiger partial charge in [-0.1, -0.05) is 18.2 Å². The maximum absolute atomic E-state index is 12.2. The molecular weight excluding hydrogens is 320 g/mol. The highest BCUT2D eigenvalue weighted by molar-refractivity contribution is 5.94. The average Bonchev–Trinajstić information content (AvgIpc) is 2.66. The van der Waals surface area contributed by atoms with Crippen molar-refractivity contribution >= 4 is 23.2 Å². The monoisotopic (exact) mass is 336 g/mol. The molecule has 0 aliphatic rings. The van der Waals surface area contributed by atoms with Crippen LogP contribution in [0.15, 0.2) is 64.3 Å². The third-order valence-electron chi connectivity index (χ3n) is 3.54. The van der Waals surface area contributed by atoms with E-state index in [-0.39, 0.29) is 11.5 Å². The highest BCUT2D eigenvalue weighted by atomic mass is 16.5. The lowest BCUT2D eigenvalue weighted by Gasteiger charge is -2.06. The molecule has 2 aromatic carbocycles. The summed E-state index contributed by atoms with van der Waals surface area (Å²) in [6.45, 7) is 2.38. The zero-order valence-electron chi connectivity index (χ0n) is 13.6. The molecule has 0 saturated heterocycles. The molecule has 1 amide bonds. The Morgan fingerprint density at radius 1 is 1.24 bits per heavy atom. The van der Waals surface area contributed by atoms with Gasteiger partial charge in [-0.15, -0.1) is 0 Å². The van der Waals surface area contributed by atoms with Gasteiger partial charge in [0, 0.05) is 10.9 Å². The fraction of sp³-hybridized carbons (Fsp3) is 0.105. The molecule has 1 N–H and O–H groups in total. The molecule has 0 spiro atoms. The van der Waals surface area contributed by atoms with E-state index in [1.807, 2.05) is 13.0 Å². The van der Waals surface area contributed by atoms with Gasteiger partial charge in [0.05, 0.1) is 12.2 Å². The second kappa shape index (κ2) is 7.44. The molecular formula is C19H16N2O4. The number of carbonyl (C=O) groups excluding carboxylic acids is 2. The summed E-state index contributed by atoms with van der Waals surface area (Å²) in [6, 6.07) is 13.9. The first-order chi connectivity index (χ1) is 12.2. The topological polar surface area (TPSA) is 80.9 Å². The molecule has 0 radical (unpaired) electrons. The van der Waals surface area contributed by atoms with Gasteiger partial charge in [0.25, 0.3) is 5.91 Å². The molecule has 1 heterocycles. The molecule has 25 heavy (non-hydrogen) atoms. The van der Waals surface area contributed by atoms with Gasteiger partial charge in [-0.2, -0.15) is 5.10 Å². The van der Waals surface area contributed by atoms with Crippen molar-refractivity contribution in [2.24, 2.45) is 5.10 Å². The van der Waals surface area contributed by atoms with E-state index in [9.17, 15) is 9.59 Å². The van der Waals surface area contributed by atoms with Crippen molar-refractivity contribution in [3.8, 4) is 5.75 Å². The SMILES string of the molecule is CCOc1ccc2occ(C=O)c(=NNC(=O)c3ccccc3)c2c1. The van der Waals surface area contributed by atoms with Gasteiger partial charge in [0.15, 0.2) is 6.29 Å². The van der Waals surface area contributed by atoms with E-state index in [4.69, 9.17) is 9.15 Å². The maximum Gasteiger partial charge on any atom is 0.271 e. The molecule has 3 aromatic rings. The highest BCUT2D eigenvalue weighted by Gasteiger charge is 2.08. The van der Waals surface area contributed by atoms with Crippen molar-refractivity contribution in [2.45, 2.75) is 6.92 Å². The zero-order chi connectivity index (χ0) is 17.6. The van der Waals surface area contributed by atoms with Gasteiger partial charge >= 0.3 is 0 Å². The van der Waals surface area contributed by atoms with Crippen LogP contribution in [0.2, 0.25) is 0 Å². The van der Waals surface area contributed by atoms with Crippen LogP contribution in [0.3, 0.4) is 0 Å². The quantitative estimate of drug-likeness (QED) is 0.574. The van der Waals surface area contributed by atoms with Crippen LogP contribution in [0, 0.1) is 0 Å². The van der Waals surface area contributed by atoms with Gasteiger partial charge < -0.3 is 9.15 Å². The number of aldehydes is 1. The third kappa shape index (κ3) is 3.58. The van der Waals surface area contributed by atoms with E-state index in [0.29, 0.717) is 40.5 Å². The van der Waals surface area contributed by atoms with Gasteiger partial charge in [-0.05, 0) is 37.3 Å². The van der Waals surface area contributed by atoms with E-state index in [0.717, 1.165) is 0 Å². The van der Waals surface area contributed by atoms with E-state index in [1.54, 1.807) is 42.5 Å². The van der Waals surface area contributed by atoms with Crippen molar-refractivity contribution in [1.82, 2.24) is 5.43 Å². The van der Waals surface area contributed by atoms with E-state index < -0.39 is 0 Å². The number of nitrogens with one attached hydrogen (secondary N) is 1. The van der Waals surface area contributed by atoms with Crippen molar-refractivity contribution in [2.75, 3.05) is 6.61 Å². The minimum Gasteiger partial charge on any atom is -0.494 e. The minimum absolute atomic E-state index is 0.231. The van der Waals surface area contributed by atoms with Crippen molar-refractivity contribution in [3.05, 3.63) is 71.3 Å². The van der Waals surface area contributed by atoms with E-state index in [1.165, 1.54) is 6.26 Å². The lowest BCUT2D eigenvalue weighted by Crippen LogP contribution is -2.23. The fourth-order valence-corrected chi connectivity index (χ4v) is 2.36. The van der Waals surface area contributed by atoms with Gasteiger partial charge in [0.1, 0.15) is 23.0 Å². The predicted octanol–water partition coefficient (Wildman–Crippen LogP) is 2.89. The number of amides is 1. The molecule has 0 saturated carbocycles. The lowest BCUT2D eigenvalue weighted by molar-refractivity contribution is 0.0952. The summed E-state index contributed by atoms with van der Waals surface area (Å²) < 4.78 is 10.9. The van der Waals surface area contributed by atoms with Crippen LogP contribution in [-0.4, -0.2) is 18.8 Å². The summed E-state index contributed by atoms with van der Waals surface area (Å²) in [5.74, 6) is 0.256. The van der Waals surface area contributed by atoms with Crippen LogP contribution < -0.4 is 15.5 Å². The summed E-state index contributed by atoms with van der Waals surface area (Å²) in [5, 5.41) is 5.03. The maximum atomic E-state index is 12.2. The molecule has 0 atom stereocenters. The van der Waals surface area contributed by atoms with Gasteiger partial charge in [-0.25, -0.2) is 5.43 Å². The molecule has 1 aromatic heterocycles. The van der Waals surface area contributed by atoms with E-state index >= 15 is 0 Å². The molecule has 3 rings (SSSR count). The normalized spacial score (nSPS) is 11.3. The molecule has 0 aliphatic heterocycles. The van der Waals surface area contributed by atoms with Crippen LogP contribution in [-0.2, 0) is 0 Å². The van der Waals surface area contributed by atoms with Gasteiger partial charge in [0.2, 0.25) is 0 Å². The first-order valence-electron chi connectivity index (χ1n) is 7.75. The molecule has 6 nitrogen and oxygen atoms in total. The average molecular weight is 336 g/mol. The minimum atomic E-state index is -0.368. The summed E-state index contributed by atoms with van der Waals surface area (Å²) in [5.41, 5.74) is 3.71. The first-order valence-corrected chi connectivity index (χ1v) is 7.75. The first kappa shape index (κ1) is 16.4. The Kier molecular flexibility index (Phi) is 4.89. The van der Waals surface area contributed by atoms with E-state index in [2.05, 4.69) is 10.5 Å². The Morgan fingerprint density at radius 2 is 2.04 bits per heavy atom. The lowest BCUT2D eigenvalue weighted by atomic mass is 10.1. The smallest absolute Gasteiger partial charge is 0.271 e. The number of hydrogen-bond donors (Lipinski definition) is 1. The van der Waals surface area contributed by atoms with Crippen LogP contribution in [0.5, 0.6) is 5.75 Å². The zero-order valence-corrected chi connectivity index (χ0v) is 13.6. The largest absolute Gasteiger partial charge is 0.494 e. The Hall–Kier alpha value is -3.41. The van der Waals surface area contributed by atoms with Gasteiger partial charge in [-0.3, -0.25) is 9.59 Å². The second-order valence-corrected chi connectivity index (χ2v) is 5.17. The highest BCUT2D eigenvalue weighted by Crippen LogP contribution is 2.18. The van der Waals surface area contributed by atoms with Crippen LogP contribution in [0.1, 0.15) is 27.6 Å². The number of nitrogens with zero attached hydrogens (tertiary/aromatic N) is 1. The molecule has 0 unspecified atom stereocenters. The van der Waals surface area contributed by atoms with Crippen molar-refractivity contribution in [3.63, 3.8) is 0 Å². The Bertz CT molecular complexity index is 978. The summed E-state index contributed by atoms with van der Waals surface area (Å²) >= 11 is 0. The number of hydrogen-bond acceptors (Lipinski definition) is 5. The number of rotatable bonds is 5. The Balaban J connectivity index is 2.07. The fourth-order valence-electron chi connectivity index (χ4n) is 2.36. The van der Waals surface area contributed by atoms with Crippen LogP contribution in [0.25, 0.3) is 11.0 Å². The number of carbonyl (C=O) groups is 2. The molecule has 0 aliphatic carbocycles. The van der Waals surface area contributed by atoms with Crippen molar-refractivity contribution < 1.29 is 18.7 Å². The Morgan fingerprint density at radius 3 is 2.76 bits per heavy atom. The standard InChI is InChI=1S/C19H16N2O4/c1-2-24-15-8-9-17-16(10-15)18(14(11-22)12-25-17)20-21-19(23)13-6-4-3-5-7-13/h3-12H,2H2,1H3,(H,21,23). The summed E-state index contributed by atoms with van der Waals surface area (Å²) in [4.78, 5) is 23.5. The molecule has 0 fully saturated rings. The molecule has 0 bridgehead atoms. The number of fused-ring (bicyclic) bond motifs is 1. The number of benzene rings is 2. The third-order valence-corrected chi connectivity index (χ3v) is 3.54. The van der Waals surface area contributed by atoms with Crippen LogP contribution >= 0.6 is 0 Å². The molecule has 126 valence electrons. The summed E-state index contributed by atoms with van der Waals surface area (Å²) in [6.07, 6.45) is 1.94. The summed E-state index contributed by atoms with van der Waals surface area (Å²) in [7, 11) is 0. The second-order valence-electron chi connectivity index (χ2n) is 5.17. The molecule has 6 heteroatoms.